The second-order valence-electron chi connectivity index (χ2n) is 6.89. The van der Waals surface area contributed by atoms with E-state index in [-0.39, 0.29) is 11.7 Å². The summed E-state index contributed by atoms with van der Waals surface area (Å²) in [6.45, 7) is 1.95. The van der Waals surface area contributed by atoms with Crippen LogP contribution in [0.15, 0.2) is 59.6 Å². The zero-order valence-corrected chi connectivity index (χ0v) is 20.8. The van der Waals surface area contributed by atoms with Crippen molar-refractivity contribution in [3.8, 4) is 26.9 Å². The Bertz CT molecular complexity index is 1280. The molecule has 0 aliphatic carbocycles. The van der Waals surface area contributed by atoms with Crippen LogP contribution in [0.1, 0.15) is 5.69 Å². The Kier molecular flexibility index (Phi) is 7.49. The number of thioether (sulfide) groups is 1. The molecular formula is C23H18Cl2N4O2S2. The molecule has 0 saturated carbocycles. The highest BCUT2D eigenvalue weighted by atomic mass is 35.5. The van der Waals surface area contributed by atoms with Crippen LogP contribution in [0.3, 0.4) is 0 Å². The third-order valence-corrected chi connectivity index (χ3v) is 7.07. The van der Waals surface area contributed by atoms with Crippen molar-refractivity contribution in [2.75, 3.05) is 18.2 Å². The molecule has 0 bridgehead atoms. The zero-order chi connectivity index (χ0) is 23.4. The molecular weight excluding hydrogens is 499 g/mol. The number of anilines is 1. The Hall–Kier alpha value is -2.65. The van der Waals surface area contributed by atoms with Crippen LogP contribution in [0.25, 0.3) is 21.1 Å². The number of nitrogens with zero attached hydrogens (tertiary/aromatic N) is 3. The van der Waals surface area contributed by atoms with Gasteiger partial charge in [-0.25, -0.2) is 4.98 Å². The smallest absolute Gasteiger partial charge is 0.234 e. The van der Waals surface area contributed by atoms with Gasteiger partial charge in [0.15, 0.2) is 0 Å². The predicted molar refractivity (Wildman–Crippen MR) is 136 cm³/mol. The average Bonchev–Trinajstić information content (AvgIpc) is 3.18. The Labute approximate surface area is 209 Å². The number of nitrogens with one attached hydrogen (secondary N) is 1. The highest BCUT2D eigenvalue weighted by molar-refractivity contribution is 7.99. The normalized spacial score (nSPS) is 10.8. The van der Waals surface area contributed by atoms with Gasteiger partial charge in [0.2, 0.25) is 5.91 Å². The topological polar surface area (TPSA) is 77.0 Å². The summed E-state index contributed by atoms with van der Waals surface area (Å²) in [7, 11) is 1.65. The number of hydrogen-bond acceptors (Lipinski definition) is 7. The van der Waals surface area contributed by atoms with Crippen molar-refractivity contribution in [2.45, 2.75) is 11.9 Å². The van der Waals surface area contributed by atoms with Gasteiger partial charge in [0.25, 0.3) is 0 Å². The first-order valence-electron chi connectivity index (χ1n) is 9.76. The first-order chi connectivity index (χ1) is 15.9. The SMILES string of the molecule is COc1ccccc1-c1nc(C)c(-c2ccc(SCC(=O)Nc3cc(Cl)cc(Cl)c3)nn2)s1. The lowest BCUT2D eigenvalue weighted by atomic mass is 10.2. The molecule has 2 aromatic heterocycles. The fourth-order valence-corrected chi connectivity index (χ4v) is 5.25. The third kappa shape index (κ3) is 5.83. The number of ether oxygens (including phenoxy) is 1. The average molecular weight is 517 g/mol. The molecule has 4 aromatic rings. The number of benzene rings is 2. The fraction of sp³-hybridized carbons (Fsp3) is 0.130. The Balaban J connectivity index is 1.42. The van der Waals surface area contributed by atoms with Crippen LogP contribution in [0.4, 0.5) is 5.69 Å². The number of aryl methyl sites for hydroxylation is 1. The molecule has 6 nitrogen and oxygen atoms in total. The van der Waals surface area contributed by atoms with Crippen molar-refractivity contribution < 1.29 is 9.53 Å². The maximum absolute atomic E-state index is 12.2. The fourth-order valence-electron chi connectivity index (χ4n) is 3.05. The number of methoxy groups -OCH3 is 1. The molecule has 10 heteroatoms. The standard InChI is InChI=1S/C23H18Cl2N4O2S2/c1-13-22(33-23(26-13)17-5-3-4-6-19(17)31-2)18-7-8-21(29-28-18)32-12-20(30)27-16-10-14(24)9-15(25)11-16/h3-11H,12H2,1-2H3,(H,27,30). The van der Waals surface area contributed by atoms with Crippen molar-refractivity contribution in [1.29, 1.82) is 0 Å². The van der Waals surface area contributed by atoms with Gasteiger partial charge in [0, 0.05) is 15.7 Å². The van der Waals surface area contributed by atoms with Crippen LogP contribution in [0.5, 0.6) is 5.75 Å². The molecule has 168 valence electrons. The number of thiazole rings is 1. The second kappa shape index (κ2) is 10.5. The number of halogens is 2. The van der Waals surface area contributed by atoms with Crippen LogP contribution in [-0.2, 0) is 4.79 Å². The molecule has 0 radical (unpaired) electrons. The lowest BCUT2D eigenvalue weighted by molar-refractivity contribution is -0.113. The molecule has 0 saturated heterocycles. The van der Waals surface area contributed by atoms with Gasteiger partial charge >= 0.3 is 0 Å². The lowest BCUT2D eigenvalue weighted by Gasteiger charge is -2.06. The maximum Gasteiger partial charge on any atom is 0.234 e. The summed E-state index contributed by atoms with van der Waals surface area (Å²) in [6, 6.07) is 16.4. The molecule has 0 atom stereocenters. The Morgan fingerprint density at radius 1 is 1.09 bits per heavy atom. The Morgan fingerprint density at radius 2 is 1.85 bits per heavy atom. The molecule has 1 N–H and O–H groups in total. The lowest BCUT2D eigenvalue weighted by Crippen LogP contribution is -2.14. The van der Waals surface area contributed by atoms with E-state index in [4.69, 9.17) is 32.9 Å². The van der Waals surface area contributed by atoms with E-state index in [9.17, 15) is 4.79 Å². The minimum atomic E-state index is -0.191. The first-order valence-corrected chi connectivity index (χ1v) is 12.3. The number of para-hydroxylation sites is 1. The summed E-state index contributed by atoms with van der Waals surface area (Å²) in [4.78, 5) is 17.9. The van der Waals surface area contributed by atoms with E-state index in [0.29, 0.717) is 20.8 Å². The van der Waals surface area contributed by atoms with Crippen LogP contribution >= 0.6 is 46.3 Å². The summed E-state index contributed by atoms with van der Waals surface area (Å²) in [6.07, 6.45) is 0. The molecule has 0 spiro atoms. The number of rotatable bonds is 7. The second-order valence-corrected chi connectivity index (χ2v) is 9.75. The zero-order valence-electron chi connectivity index (χ0n) is 17.6. The molecule has 2 aromatic carbocycles. The van der Waals surface area contributed by atoms with Crippen molar-refractivity contribution in [3.05, 3.63) is 70.3 Å². The van der Waals surface area contributed by atoms with Gasteiger partial charge in [-0.2, -0.15) is 0 Å². The molecule has 0 aliphatic heterocycles. The third-order valence-electron chi connectivity index (χ3n) is 4.50. The molecule has 0 fully saturated rings. The minimum absolute atomic E-state index is 0.176. The van der Waals surface area contributed by atoms with E-state index in [1.807, 2.05) is 43.3 Å². The highest BCUT2D eigenvalue weighted by Gasteiger charge is 2.16. The summed E-state index contributed by atoms with van der Waals surface area (Å²) in [5, 5.41) is 13.8. The summed E-state index contributed by atoms with van der Waals surface area (Å²) in [5.74, 6) is 0.758. The maximum atomic E-state index is 12.2. The molecule has 1 amide bonds. The number of carbonyl (C=O) groups excluding carboxylic acids is 1. The largest absolute Gasteiger partial charge is 0.496 e. The number of aromatic nitrogens is 3. The van der Waals surface area contributed by atoms with E-state index in [1.54, 1.807) is 25.3 Å². The highest BCUT2D eigenvalue weighted by Crippen LogP contribution is 2.38. The van der Waals surface area contributed by atoms with Crippen LogP contribution in [-0.4, -0.2) is 34.0 Å². The number of amides is 1. The monoisotopic (exact) mass is 516 g/mol. The van der Waals surface area contributed by atoms with Crippen LogP contribution < -0.4 is 10.1 Å². The quantitative estimate of drug-likeness (QED) is 0.278. The van der Waals surface area contributed by atoms with Crippen LogP contribution in [0.2, 0.25) is 10.0 Å². The van der Waals surface area contributed by atoms with E-state index in [1.165, 1.54) is 23.1 Å². The van der Waals surface area contributed by atoms with Crippen molar-refractivity contribution in [1.82, 2.24) is 15.2 Å². The summed E-state index contributed by atoms with van der Waals surface area (Å²) >= 11 is 14.8. The van der Waals surface area contributed by atoms with Crippen molar-refractivity contribution >= 4 is 57.9 Å². The number of hydrogen-bond donors (Lipinski definition) is 1. The summed E-state index contributed by atoms with van der Waals surface area (Å²) in [5.41, 5.74) is 3.08. The predicted octanol–water partition coefficient (Wildman–Crippen LogP) is 6.62. The molecule has 4 rings (SSSR count). The summed E-state index contributed by atoms with van der Waals surface area (Å²) < 4.78 is 5.46. The van der Waals surface area contributed by atoms with Crippen molar-refractivity contribution in [3.63, 3.8) is 0 Å². The van der Waals surface area contributed by atoms with Crippen LogP contribution in [0, 0.1) is 6.92 Å². The Morgan fingerprint density at radius 3 is 2.55 bits per heavy atom. The van der Waals surface area contributed by atoms with Gasteiger partial charge < -0.3 is 10.1 Å². The van der Waals surface area contributed by atoms with E-state index < -0.39 is 0 Å². The molecule has 33 heavy (non-hydrogen) atoms. The van der Waals surface area contributed by atoms with Gasteiger partial charge in [0.05, 0.1) is 29.0 Å². The number of carbonyl (C=O) groups is 1. The van der Waals surface area contributed by atoms with E-state index in [2.05, 4.69) is 15.5 Å². The van der Waals surface area contributed by atoms with Gasteiger partial charge in [-0.1, -0.05) is 47.1 Å². The van der Waals surface area contributed by atoms with E-state index >= 15 is 0 Å². The van der Waals surface area contributed by atoms with Gasteiger partial charge in [-0.15, -0.1) is 21.5 Å². The van der Waals surface area contributed by atoms with Gasteiger partial charge in [-0.3, -0.25) is 4.79 Å². The molecule has 0 unspecified atom stereocenters. The minimum Gasteiger partial charge on any atom is -0.496 e. The molecule has 0 aliphatic rings. The molecule has 2 heterocycles. The van der Waals surface area contributed by atoms with Gasteiger partial charge in [-0.05, 0) is 49.4 Å². The first kappa shape index (κ1) is 23.5. The van der Waals surface area contributed by atoms with Crippen molar-refractivity contribution in [2.24, 2.45) is 0 Å². The van der Waals surface area contributed by atoms with Gasteiger partial charge in [0.1, 0.15) is 21.5 Å². The van der Waals surface area contributed by atoms with E-state index in [0.717, 1.165) is 32.6 Å².